The molecule has 9 heteroatoms. The summed E-state index contributed by atoms with van der Waals surface area (Å²) in [6, 6.07) is 13.4. The van der Waals surface area contributed by atoms with Gasteiger partial charge in [-0.25, -0.2) is 13.1 Å². The third-order valence-electron chi connectivity index (χ3n) is 6.54. The van der Waals surface area contributed by atoms with Crippen molar-refractivity contribution in [2.45, 2.75) is 51.4 Å². The largest absolute Gasteiger partial charge is 0.369 e. The number of hydrogen-bond acceptors (Lipinski definition) is 7. The van der Waals surface area contributed by atoms with Crippen molar-refractivity contribution >= 4 is 15.5 Å². The Morgan fingerprint density at radius 2 is 1.56 bits per heavy atom. The molecule has 0 bridgehead atoms. The summed E-state index contributed by atoms with van der Waals surface area (Å²) in [6.07, 6.45) is 0. The van der Waals surface area contributed by atoms with Gasteiger partial charge in [0, 0.05) is 31.9 Å². The second-order valence-electron chi connectivity index (χ2n) is 9.60. The van der Waals surface area contributed by atoms with Crippen LogP contribution in [0.3, 0.4) is 0 Å². The van der Waals surface area contributed by atoms with Crippen LogP contribution in [0.4, 0.5) is 5.69 Å². The Labute approximate surface area is 202 Å². The molecule has 0 aliphatic carbocycles. The lowest BCUT2D eigenvalue weighted by Crippen LogP contribution is -2.49. The number of aryl methyl sites for hydroxylation is 3. The van der Waals surface area contributed by atoms with Crippen molar-refractivity contribution in [2.75, 3.05) is 31.1 Å². The lowest BCUT2D eigenvalue weighted by Gasteiger charge is -2.41. The maximum absolute atomic E-state index is 13.1. The lowest BCUT2D eigenvalue weighted by atomic mass is 10.0. The summed E-state index contributed by atoms with van der Waals surface area (Å²) >= 11 is 0. The number of tetrazole rings is 1. The van der Waals surface area contributed by atoms with E-state index in [4.69, 9.17) is 0 Å². The predicted octanol–water partition coefficient (Wildman–Crippen LogP) is 3.55. The van der Waals surface area contributed by atoms with Gasteiger partial charge in [-0.2, -0.15) is 0 Å². The van der Waals surface area contributed by atoms with Gasteiger partial charge in [-0.1, -0.05) is 43.7 Å². The van der Waals surface area contributed by atoms with Gasteiger partial charge in [0.2, 0.25) is 0 Å². The minimum atomic E-state index is -3.57. The number of benzene rings is 2. The summed E-state index contributed by atoms with van der Waals surface area (Å²) in [5.74, 6) is 0.550. The normalized spacial score (nSPS) is 16.2. The first kappa shape index (κ1) is 24.3. The van der Waals surface area contributed by atoms with Gasteiger partial charge in [0.25, 0.3) is 0 Å². The average molecular weight is 483 g/mol. The monoisotopic (exact) mass is 482 g/mol. The van der Waals surface area contributed by atoms with Gasteiger partial charge in [0.05, 0.1) is 10.9 Å². The lowest BCUT2D eigenvalue weighted by molar-refractivity contribution is 0.135. The number of rotatable bonds is 7. The molecule has 1 saturated heterocycles. The fraction of sp³-hybridized carbons (Fsp3) is 0.480. The Morgan fingerprint density at radius 3 is 2.21 bits per heavy atom. The van der Waals surface area contributed by atoms with Gasteiger partial charge in [0.1, 0.15) is 0 Å². The van der Waals surface area contributed by atoms with E-state index in [1.165, 1.54) is 21.5 Å². The van der Waals surface area contributed by atoms with E-state index in [2.05, 4.69) is 71.2 Å². The third-order valence-corrected chi connectivity index (χ3v) is 8.12. The van der Waals surface area contributed by atoms with Crippen LogP contribution in [-0.4, -0.2) is 59.7 Å². The van der Waals surface area contributed by atoms with Gasteiger partial charge in [-0.15, -0.1) is 5.10 Å². The Kier molecular flexibility index (Phi) is 7.04. The molecule has 0 saturated carbocycles. The second kappa shape index (κ2) is 9.84. The van der Waals surface area contributed by atoms with Crippen molar-refractivity contribution < 1.29 is 8.42 Å². The molecular weight excluding hydrogens is 448 g/mol. The topological polar surface area (TPSA) is 84.2 Å². The molecule has 8 nitrogen and oxygen atoms in total. The minimum Gasteiger partial charge on any atom is -0.369 e. The van der Waals surface area contributed by atoms with E-state index in [-0.39, 0.29) is 22.7 Å². The zero-order valence-corrected chi connectivity index (χ0v) is 21.5. The van der Waals surface area contributed by atoms with Gasteiger partial charge in [-0.3, -0.25) is 4.90 Å². The van der Waals surface area contributed by atoms with Crippen molar-refractivity contribution in [2.24, 2.45) is 5.92 Å². The molecule has 1 unspecified atom stereocenters. The number of anilines is 1. The smallest absolute Gasteiger partial charge is 0.198 e. The van der Waals surface area contributed by atoms with Crippen LogP contribution in [0.5, 0.6) is 0 Å². The molecule has 0 radical (unpaired) electrons. The van der Waals surface area contributed by atoms with Crippen molar-refractivity contribution in [3.8, 4) is 0 Å². The zero-order chi connectivity index (χ0) is 24.5. The van der Waals surface area contributed by atoms with Crippen molar-refractivity contribution in [1.82, 2.24) is 25.1 Å². The minimum absolute atomic E-state index is 0.0658. The van der Waals surface area contributed by atoms with Crippen LogP contribution in [0.15, 0.2) is 47.4 Å². The molecule has 1 aliphatic heterocycles. The number of nitrogens with zero attached hydrogens (tertiary/aromatic N) is 6. The number of sulfone groups is 1. The van der Waals surface area contributed by atoms with Crippen LogP contribution in [-0.2, 0) is 15.7 Å². The fourth-order valence-corrected chi connectivity index (χ4v) is 5.89. The predicted molar refractivity (Wildman–Crippen MR) is 133 cm³/mol. The summed E-state index contributed by atoms with van der Waals surface area (Å²) in [6.45, 7) is 14.0. The zero-order valence-electron chi connectivity index (χ0n) is 20.6. The first-order valence-corrected chi connectivity index (χ1v) is 13.4. The molecule has 3 aromatic rings. The molecule has 1 atom stereocenters. The molecule has 2 heterocycles. The highest BCUT2D eigenvalue weighted by molar-refractivity contribution is 7.90. The fourth-order valence-electron chi connectivity index (χ4n) is 4.68. The maximum atomic E-state index is 13.1. The molecule has 1 aromatic heterocycles. The summed E-state index contributed by atoms with van der Waals surface area (Å²) in [4.78, 5) is 5.09. The molecule has 182 valence electrons. The van der Waals surface area contributed by atoms with E-state index in [0.717, 1.165) is 31.7 Å². The first-order valence-electron chi connectivity index (χ1n) is 11.8. The Morgan fingerprint density at radius 1 is 0.912 bits per heavy atom. The van der Waals surface area contributed by atoms with E-state index in [0.29, 0.717) is 5.82 Å². The van der Waals surface area contributed by atoms with Crippen LogP contribution in [0, 0.1) is 26.7 Å². The summed E-state index contributed by atoms with van der Waals surface area (Å²) in [5, 5.41) is 12.2. The van der Waals surface area contributed by atoms with Crippen LogP contribution in [0.1, 0.15) is 42.4 Å². The van der Waals surface area contributed by atoms with E-state index in [9.17, 15) is 8.42 Å². The average Bonchev–Trinajstić information content (AvgIpc) is 3.23. The van der Waals surface area contributed by atoms with Crippen LogP contribution >= 0.6 is 0 Å². The molecule has 0 N–H and O–H groups in total. The van der Waals surface area contributed by atoms with E-state index in [1.54, 1.807) is 24.3 Å². The highest BCUT2D eigenvalue weighted by atomic mass is 32.2. The number of aromatic nitrogens is 4. The summed E-state index contributed by atoms with van der Waals surface area (Å²) in [7, 11) is -3.57. The second-order valence-corrected chi connectivity index (χ2v) is 11.6. The molecule has 1 fully saturated rings. The van der Waals surface area contributed by atoms with Crippen LogP contribution < -0.4 is 4.90 Å². The Hall–Kier alpha value is -2.78. The highest BCUT2D eigenvalue weighted by Gasteiger charge is 2.33. The van der Waals surface area contributed by atoms with Crippen molar-refractivity contribution in [3.05, 3.63) is 65.0 Å². The van der Waals surface area contributed by atoms with Gasteiger partial charge >= 0.3 is 0 Å². The molecule has 34 heavy (non-hydrogen) atoms. The van der Waals surface area contributed by atoms with Crippen molar-refractivity contribution in [1.29, 1.82) is 0 Å². The van der Waals surface area contributed by atoms with Gasteiger partial charge in [-0.05, 0) is 66.4 Å². The maximum Gasteiger partial charge on any atom is 0.198 e. The first-order chi connectivity index (χ1) is 16.2. The SMILES string of the molecule is Cc1ccc(S(=O)(=O)Cn2nnnc2C(C(C)C)N2CCN(c3cc(C)ccc3C)CC2)cc1. The quantitative estimate of drug-likeness (QED) is 0.509. The van der Waals surface area contributed by atoms with E-state index >= 15 is 0 Å². The molecule has 0 spiro atoms. The Bertz CT molecular complexity index is 1230. The van der Waals surface area contributed by atoms with E-state index < -0.39 is 9.84 Å². The molecule has 0 amide bonds. The number of piperazine rings is 1. The van der Waals surface area contributed by atoms with Crippen LogP contribution in [0.2, 0.25) is 0 Å². The Balaban J connectivity index is 1.53. The van der Waals surface area contributed by atoms with Gasteiger partial charge < -0.3 is 4.90 Å². The third kappa shape index (κ3) is 5.15. The highest BCUT2D eigenvalue weighted by Crippen LogP contribution is 2.30. The standard InChI is InChI=1S/C25H34N6O2S/c1-18(2)24(30-14-12-29(13-15-30)23-16-20(4)6-9-21(23)5)25-26-27-28-31(25)17-34(32,33)22-10-7-19(3)8-11-22/h6-11,16,18,24H,12-15,17H2,1-5H3. The molecule has 4 rings (SSSR count). The summed E-state index contributed by atoms with van der Waals surface area (Å²) < 4.78 is 27.6. The molecule has 1 aliphatic rings. The molecular formula is C25H34N6O2S. The van der Waals surface area contributed by atoms with E-state index in [1.807, 2.05) is 6.92 Å². The summed E-state index contributed by atoms with van der Waals surface area (Å²) in [5.41, 5.74) is 4.85. The van der Waals surface area contributed by atoms with Crippen molar-refractivity contribution in [3.63, 3.8) is 0 Å². The van der Waals surface area contributed by atoms with Crippen LogP contribution in [0.25, 0.3) is 0 Å². The molecule has 2 aromatic carbocycles. The van der Waals surface area contributed by atoms with Gasteiger partial charge in [0.15, 0.2) is 21.5 Å². The number of hydrogen-bond donors (Lipinski definition) is 0.